The fourth-order valence-corrected chi connectivity index (χ4v) is 4.15. The molecule has 0 unspecified atom stereocenters. The Labute approximate surface area is 191 Å². The van der Waals surface area contributed by atoms with E-state index >= 15 is 0 Å². The molecule has 0 spiro atoms. The lowest BCUT2D eigenvalue weighted by Gasteiger charge is -2.07. The lowest BCUT2D eigenvalue weighted by atomic mass is 10.0. The molecule has 1 aliphatic rings. The third-order valence-electron chi connectivity index (χ3n) is 5.78. The van der Waals surface area contributed by atoms with Crippen LogP contribution in [0.2, 0.25) is 0 Å². The van der Waals surface area contributed by atoms with E-state index in [4.69, 9.17) is 10.00 Å². The van der Waals surface area contributed by atoms with Crippen molar-refractivity contribution in [2.24, 2.45) is 0 Å². The molecular weight excluding hydrogens is 410 g/mol. The highest BCUT2D eigenvalue weighted by Crippen LogP contribution is 2.43. The van der Waals surface area contributed by atoms with Crippen molar-refractivity contribution >= 4 is 17.2 Å². The number of H-pyrrole nitrogens is 1. The topological polar surface area (TPSA) is 87.5 Å². The smallest absolute Gasteiger partial charge is 0.174 e. The number of tetrazole rings is 1. The van der Waals surface area contributed by atoms with Crippen molar-refractivity contribution in [1.82, 2.24) is 20.6 Å². The number of aromatic amines is 1. The Morgan fingerprint density at radius 2 is 1.76 bits per heavy atom. The number of fused-ring (bicyclic) bond motifs is 1. The first kappa shape index (κ1) is 20.4. The standard InChI is InChI=1S/C27H21N5O/c1-18-23(13-14-27-29-31-32-30-27)24-7-2-3-8-25(24)26(18)16-19-9-11-21(12-10-19)33-22-6-4-5-20(15-22)17-28/h2-12,15-16H,13-14H2,1H3,(H,29,30,31,32). The number of hydrogen-bond donors (Lipinski definition) is 1. The molecule has 0 atom stereocenters. The summed E-state index contributed by atoms with van der Waals surface area (Å²) >= 11 is 0. The van der Waals surface area contributed by atoms with Gasteiger partial charge in [0.1, 0.15) is 11.5 Å². The molecule has 1 aliphatic carbocycles. The van der Waals surface area contributed by atoms with E-state index in [9.17, 15) is 0 Å². The molecule has 6 heteroatoms. The molecule has 0 bridgehead atoms. The van der Waals surface area contributed by atoms with Crippen LogP contribution in [0.4, 0.5) is 0 Å². The summed E-state index contributed by atoms with van der Waals surface area (Å²) in [6.45, 7) is 2.18. The van der Waals surface area contributed by atoms with Crippen molar-refractivity contribution in [3.63, 3.8) is 0 Å². The summed E-state index contributed by atoms with van der Waals surface area (Å²) in [4.78, 5) is 0. The highest BCUT2D eigenvalue weighted by Gasteiger charge is 2.23. The van der Waals surface area contributed by atoms with Gasteiger partial charge in [0.25, 0.3) is 0 Å². The molecule has 3 aromatic carbocycles. The molecular formula is C27H21N5O. The average Bonchev–Trinajstić information content (AvgIpc) is 3.46. The number of benzene rings is 3. The zero-order valence-corrected chi connectivity index (χ0v) is 18.1. The first-order chi connectivity index (χ1) is 16.2. The lowest BCUT2D eigenvalue weighted by molar-refractivity contribution is 0.482. The Morgan fingerprint density at radius 1 is 0.939 bits per heavy atom. The van der Waals surface area contributed by atoms with Crippen LogP contribution in [0.15, 0.2) is 78.4 Å². The number of nitriles is 1. The van der Waals surface area contributed by atoms with Gasteiger partial charge in [-0.05, 0) is 83.2 Å². The number of hydrogen-bond acceptors (Lipinski definition) is 5. The lowest BCUT2D eigenvalue weighted by Crippen LogP contribution is -1.92. The van der Waals surface area contributed by atoms with E-state index in [1.165, 1.54) is 27.8 Å². The Balaban J connectivity index is 1.40. The maximum Gasteiger partial charge on any atom is 0.174 e. The third-order valence-corrected chi connectivity index (χ3v) is 5.78. The van der Waals surface area contributed by atoms with Gasteiger partial charge in [0, 0.05) is 6.42 Å². The van der Waals surface area contributed by atoms with Crippen molar-refractivity contribution in [1.29, 1.82) is 5.26 Å². The number of ether oxygens (including phenoxy) is 1. The predicted molar refractivity (Wildman–Crippen MR) is 127 cm³/mol. The second-order valence-corrected chi connectivity index (χ2v) is 7.85. The van der Waals surface area contributed by atoms with Crippen LogP contribution in [-0.4, -0.2) is 20.6 Å². The summed E-state index contributed by atoms with van der Waals surface area (Å²) < 4.78 is 5.91. The molecule has 0 radical (unpaired) electrons. The second-order valence-electron chi connectivity index (χ2n) is 7.85. The zero-order chi connectivity index (χ0) is 22.6. The van der Waals surface area contributed by atoms with Crippen molar-refractivity contribution in [2.45, 2.75) is 19.8 Å². The van der Waals surface area contributed by atoms with Gasteiger partial charge in [-0.25, -0.2) is 0 Å². The Bertz CT molecular complexity index is 1390. The van der Waals surface area contributed by atoms with Crippen molar-refractivity contribution in [3.8, 4) is 17.6 Å². The van der Waals surface area contributed by atoms with Crippen molar-refractivity contribution < 1.29 is 4.74 Å². The van der Waals surface area contributed by atoms with Crippen LogP contribution in [0.5, 0.6) is 11.5 Å². The molecule has 0 saturated heterocycles. The number of nitrogens with zero attached hydrogens (tertiary/aromatic N) is 4. The number of nitrogens with one attached hydrogen (secondary N) is 1. The highest BCUT2D eigenvalue weighted by molar-refractivity contribution is 6.05. The fourth-order valence-electron chi connectivity index (χ4n) is 4.15. The van der Waals surface area contributed by atoms with Crippen LogP contribution in [0.1, 0.15) is 41.4 Å². The zero-order valence-electron chi connectivity index (χ0n) is 18.1. The minimum atomic E-state index is 0.575. The van der Waals surface area contributed by atoms with Crippen molar-refractivity contribution in [2.75, 3.05) is 0 Å². The summed E-state index contributed by atoms with van der Waals surface area (Å²) in [5.41, 5.74) is 7.99. The fraction of sp³-hybridized carbons (Fsp3) is 0.111. The third kappa shape index (κ3) is 4.30. The SMILES string of the molecule is CC1=C(CCc2nn[nH]n2)c2ccccc2C1=Cc1ccc(Oc2cccc(C#N)c2)cc1. The van der Waals surface area contributed by atoms with Crippen LogP contribution in [0.3, 0.4) is 0 Å². The summed E-state index contributed by atoms with van der Waals surface area (Å²) in [6.07, 6.45) is 3.81. The minimum Gasteiger partial charge on any atom is -0.457 e. The largest absolute Gasteiger partial charge is 0.457 e. The number of aromatic nitrogens is 4. The molecule has 0 fully saturated rings. The second kappa shape index (κ2) is 8.93. The molecule has 160 valence electrons. The number of aryl methyl sites for hydroxylation is 1. The molecule has 0 amide bonds. The van der Waals surface area contributed by atoms with E-state index in [2.05, 4.69) is 64.0 Å². The van der Waals surface area contributed by atoms with Gasteiger partial charge in [-0.2, -0.15) is 10.5 Å². The summed E-state index contributed by atoms with van der Waals surface area (Å²) in [6, 6.07) is 25.8. The van der Waals surface area contributed by atoms with E-state index in [-0.39, 0.29) is 0 Å². The predicted octanol–water partition coefficient (Wildman–Crippen LogP) is 5.82. The molecule has 0 aliphatic heterocycles. The Hall–Kier alpha value is -4.50. The van der Waals surface area contributed by atoms with E-state index in [1.807, 2.05) is 36.4 Å². The summed E-state index contributed by atoms with van der Waals surface area (Å²) in [7, 11) is 0. The van der Waals surface area contributed by atoms with Gasteiger partial charge < -0.3 is 4.74 Å². The van der Waals surface area contributed by atoms with Crippen molar-refractivity contribution in [3.05, 3.63) is 106 Å². The molecule has 1 aromatic heterocycles. The Kier molecular flexibility index (Phi) is 5.52. The van der Waals surface area contributed by atoms with Gasteiger partial charge in [-0.1, -0.05) is 47.7 Å². The molecule has 0 saturated carbocycles. The molecule has 1 heterocycles. The molecule has 5 rings (SSSR count). The maximum atomic E-state index is 9.07. The van der Waals surface area contributed by atoms with E-state index in [0.29, 0.717) is 11.3 Å². The molecule has 33 heavy (non-hydrogen) atoms. The summed E-state index contributed by atoms with van der Waals surface area (Å²) in [5.74, 6) is 2.10. The van der Waals surface area contributed by atoms with Crippen LogP contribution in [-0.2, 0) is 6.42 Å². The van der Waals surface area contributed by atoms with Gasteiger partial charge in [0.15, 0.2) is 5.82 Å². The van der Waals surface area contributed by atoms with Gasteiger partial charge in [-0.15, -0.1) is 10.2 Å². The van der Waals surface area contributed by atoms with E-state index < -0.39 is 0 Å². The Morgan fingerprint density at radius 3 is 2.52 bits per heavy atom. The maximum absolute atomic E-state index is 9.07. The number of rotatable bonds is 6. The quantitative estimate of drug-likeness (QED) is 0.415. The van der Waals surface area contributed by atoms with Gasteiger partial charge in [0.05, 0.1) is 11.6 Å². The average molecular weight is 431 g/mol. The van der Waals surface area contributed by atoms with Gasteiger partial charge >= 0.3 is 0 Å². The number of allylic oxidation sites excluding steroid dienone is 3. The van der Waals surface area contributed by atoms with E-state index in [1.54, 1.807) is 12.1 Å². The van der Waals surface area contributed by atoms with Crippen LogP contribution in [0.25, 0.3) is 17.2 Å². The van der Waals surface area contributed by atoms with Gasteiger partial charge in [-0.3, -0.25) is 0 Å². The first-order valence-electron chi connectivity index (χ1n) is 10.7. The van der Waals surface area contributed by atoms with E-state index in [0.717, 1.165) is 30.0 Å². The summed E-state index contributed by atoms with van der Waals surface area (Å²) in [5, 5.41) is 23.4. The molecule has 1 N–H and O–H groups in total. The highest BCUT2D eigenvalue weighted by atomic mass is 16.5. The van der Waals surface area contributed by atoms with Crippen LogP contribution in [0, 0.1) is 11.3 Å². The minimum absolute atomic E-state index is 0.575. The van der Waals surface area contributed by atoms with Crippen LogP contribution >= 0.6 is 0 Å². The van der Waals surface area contributed by atoms with Gasteiger partial charge in [0.2, 0.25) is 0 Å². The molecule has 4 aromatic rings. The van der Waals surface area contributed by atoms with Crippen LogP contribution < -0.4 is 4.74 Å². The normalized spacial score (nSPS) is 13.8. The monoisotopic (exact) mass is 431 g/mol. The first-order valence-corrected chi connectivity index (χ1v) is 10.7. The molecule has 6 nitrogen and oxygen atoms in total.